The quantitative estimate of drug-likeness (QED) is 0.732. The number of aromatic amines is 1. The molecule has 0 saturated carbocycles. The smallest absolute Gasteiger partial charge is 0.153 e. The van der Waals surface area contributed by atoms with E-state index in [2.05, 4.69) is 26.1 Å². The molecular formula is C13H9BrFN3S. The molecule has 0 aliphatic heterocycles. The van der Waals surface area contributed by atoms with E-state index < -0.39 is 0 Å². The van der Waals surface area contributed by atoms with Crippen LogP contribution >= 0.6 is 27.3 Å². The van der Waals surface area contributed by atoms with E-state index in [1.54, 1.807) is 23.5 Å². The highest BCUT2D eigenvalue weighted by Crippen LogP contribution is 2.37. The molecule has 2 heterocycles. The van der Waals surface area contributed by atoms with E-state index in [4.69, 9.17) is 5.73 Å². The van der Waals surface area contributed by atoms with E-state index >= 15 is 0 Å². The number of hydrogen-bond acceptors (Lipinski definition) is 3. The largest absolute Gasteiger partial charge is 0.382 e. The van der Waals surface area contributed by atoms with Gasteiger partial charge < -0.3 is 5.73 Å². The molecule has 0 atom stereocenters. The predicted molar refractivity (Wildman–Crippen MR) is 79.4 cm³/mol. The highest BCUT2D eigenvalue weighted by molar-refractivity contribution is 9.11. The van der Waals surface area contributed by atoms with Gasteiger partial charge >= 0.3 is 0 Å². The van der Waals surface area contributed by atoms with Gasteiger partial charge in [-0.15, -0.1) is 11.3 Å². The summed E-state index contributed by atoms with van der Waals surface area (Å²) in [4.78, 5) is 0. The van der Waals surface area contributed by atoms with E-state index in [0.29, 0.717) is 5.82 Å². The van der Waals surface area contributed by atoms with Gasteiger partial charge in [0.25, 0.3) is 0 Å². The molecule has 0 saturated heterocycles. The van der Waals surface area contributed by atoms with E-state index in [0.717, 1.165) is 26.2 Å². The lowest BCUT2D eigenvalue weighted by Crippen LogP contribution is -1.88. The summed E-state index contributed by atoms with van der Waals surface area (Å²) in [6, 6.07) is 8.21. The number of rotatable bonds is 2. The molecule has 0 aliphatic rings. The summed E-state index contributed by atoms with van der Waals surface area (Å²) >= 11 is 5.01. The molecule has 0 unspecified atom stereocenters. The van der Waals surface area contributed by atoms with Crippen molar-refractivity contribution in [2.45, 2.75) is 0 Å². The second-order valence-electron chi connectivity index (χ2n) is 4.01. The van der Waals surface area contributed by atoms with Crippen LogP contribution in [0.4, 0.5) is 10.2 Å². The summed E-state index contributed by atoms with van der Waals surface area (Å²) in [7, 11) is 0. The first kappa shape index (κ1) is 12.4. The van der Waals surface area contributed by atoms with Gasteiger partial charge in [0.2, 0.25) is 0 Å². The van der Waals surface area contributed by atoms with Crippen molar-refractivity contribution in [3.63, 3.8) is 0 Å². The fourth-order valence-corrected chi connectivity index (χ4v) is 3.06. The summed E-state index contributed by atoms with van der Waals surface area (Å²) in [5, 5.41) is 8.99. The number of aromatic nitrogens is 2. The van der Waals surface area contributed by atoms with Crippen LogP contribution in [0.25, 0.3) is 22.4 Å². The molecule has 0 aliphatic carbocycles. The lowest BCUT2D eigenvalue weighted by Gasteiger charge is -2.03. The monoisotopic (exact) mass is 337 g/mol. The first-order valence-electron chi connectivity index (χ1n) is 5.49. The maximum atomic E-state index is 13.0. The van der Waals surface area contributed by atoms with Crippen LogP contribution in [0.1, 0.15) is 0 Å². The van der Waals surface area contributed by atoms with E-state index in [1.165, 1.54) is 12.1 Å². The van der Waals surface area contributed by atoms with Crippen molar-refractivity contribution < 1.29 is 4.39 Å². The molecule has 3 aromatic rings. The fourth-order valence-electron chi connectivity index (χ4n) is 1.91. The minimum atomic E-state index is -0.273. The highest BCUT2D eigenvalue weighted by Gasteiger charge is 2.15. The zero-order chi connectivity index (χ0) is 13.4. The molecule has 6 heteroatoms. The molecule has 96 valence electrons. The van der Waals surface area contributed by atoms with Gasteiger partial charge in [0.15, 0.2) is 5.82 Å². The van der Waals surface area contributed by atoms with Crippen LogP contribution in [0.2, 0.25) is 0 Å². The number of nitrogens with two attached hydrogens (primary N) is 1. The SMILES string of the molecule is Nc1n[nH]c(-c2csc(Br)c2)c1-c1ccc(F)cc1. The fraction of sp³-hybridized carbons (Fsp3) is 0. The number of H-pyrrole nitrogens is 1. The van der Waals surface area contributed by atoms with Crippen LogP contribution in [-0.4, -0.2) is 10.2 Å². The van der Waals surface area contributed by atoms with Crippen molar-refractivity contribution in [1.29, 1.82) is 0 Å². The molecule has 0 amide bonds. The van der Waals surface area contributed by atoms with Crippen LogP contribution in [-0.2, 0) is 0 Å². The van der Waals surface area contributed by atoms with Gasteiger partial charge in [-0.05, 0) is 39.7 Å². The molecule has 0 fully saturated rings. The summed E-state index contributed by atoms with van der Waals surface area (Å²) in [6.45, 7) is 0. The number of benzene rings is 1. The number of anilines is 1. The van der Waals surface area contributed by atoms with Crippen LogP contribution in [0.3, 0.4) is 0 Å². The lowest BCUT2D eigenvalue weighted by atomic mass is 10.0. The minimum Gasteiger partial charge on any atom is -0.382 e. The molecule has 1 aromatic carbocycles. The molecule has 0 bridgehead atoms. The summed E-state index contributed by atoms with van der Waals surface area (Å²) in [5.74, 6) is 0.134. The normalized spacial score (nSPS) is 10.8. The Morgan fingerprint density at radius 1 is 1.21 bits per heavy atom. The zero-order valence-electron chi connectivity index (χ0n) is 9.65. The zero-order valence-corrected chi connectivity index (χ0v) is 12.1. The molecule has 2 aromatic heterocycles. The standard InChI is InChI=1S/C13H9BrFN3S/c14-10-5-8(6-19-10)12-11(13(16)18-17-12)7-1-3-9(15)4-2-7/h1-6H,(H3,16,17,18). The minimum absolute atomic E-state index is 0.273. The van der Waals surface area contributed by atoms with Crippen LogP contribution in [0, 0.1) is 5.82 Å². The number of thiophene rings is 1. The third kappa shape index (κ3) is 2.29. The molecule has 0 radical (unpaired) electrons. The second-order valence-corrected chi connectivity index (χ2v) is 6.30. The average molecular weight is 338 g/mol. The highest BCUT2D eigenvalue weighted by atomic mass is 79.9. The van der Waals surface area contributed by atoms with Gasteiger partial charge in [-0.1, -0.05) is 12.1 Å². The van der Waals surface area contributed by atoms with Gasteiger partial charge in [-0.3, -0.25) is 5.10 Å². The predicted octanol–water partition coefficient (Wildman–Crippen LogP) is 4.29. The van der Waals surface area contributed by atoms with Crippen molar-refractivity contribution in [1.82, 2.24) is 10.2 Å². The first-order chi connectivity index (χ1) is 9.15. The number of halogens is 2. The molecule has 0 spiro atoms. The average Bonchev–Trinajstić information content (AvgIpc) is 2.97. The number of nitrogens with one attached hydrogen (secondary N) is 1. The Kier molecular flexibility index (Phi) is 3.12. The van der Waals surface area contributed by atoms with Crippen LogP contribution in [0.5, 0.6) is 0 Å². The van der Waals surface area contributed by atoms with Gasteiger partial charge in [-0.2, -0.15) is 5.10 Å². The molecule has 19 heavy (non-hydrogen) atoms. The van der Waals surface area contributed by atoms with Crippen molar-refractivity contribution in [3.8, 4) is 22.4 Å². The summed E-state index contributed by atoms with van der Waals surface area (Å²) in [6.07, 6.45) is 0. The van der Waals surface area contributed by atoms with Crippen LogP contribution in [0.15, 0.2) is 39.5 Å². The maximum absolute atomic E-state index is 13.0. The number of nitrogen functional groups attached to an aromatic ring is 1. The van der Waals surface area contributed by atoms with E-state index in [1.807, 2.05) is 11.4 Å². The van der Waals surface area contributed by atoms with Gasteiger partial charge in [-0.25, -0.2) is 4.39 Å². The summed E-state index contributed by atoms with van der Waals surface area (Å²) in [5.41, 5.74) is 9.38. The van der Waals surface area contributed by atoms with Crippen molar-refractivity contribution in [2.75, 3.05) is 5.73 Å². The van der Waals surface area contributed by atoms with E-state index in [-0.39, 0.29) is 5.82 Å². The van der Waals surface area contributed by atoms with Crippen LogP contribution < -0.4 is 5.73 Å². The Hall–Kier alpha value is -1.66. The van der Waals surface area contributed by atoms with Gasteiger partial charge in [0.1, 0.15) is 5.82 Å². The first-order valence-corrected chi connectivity index (χ1v) is 7.16. The lowest BCUT2D eigenvalue weighted by molar-refractivity contribution is 0.628. The molecule has 3 rings (SSSR count). The maximum Gasteiger partial charge on any atom is 0.153 e. The van der Waals surface area contributed by atoms with Gasteiger partial charge in [0, 0.05) is 10.9 Å². The Morgan fingerprint density at radius 3 is 2.58 bits per heavy atom. The Morgan fingerprint density at radius 2 is 1.95 bits per heavy atom. The Balaban J connectivity index is 2.16. The Bertz CT molecular complexity index is 718. The van der Waals surface area contributed by atoms with Gasteiger partial charge in [0.05, 0.1) is 15.0 Å². The second kappa shape index (κ2) is 4.79. The van der Waals surface area contributed by atoms with Crippen molar-refractivity contribution in [3.05, 3.63) is 45.3 Å². The topological polar surface area (TPSA) is 54.7 Å². The van der Waals surface area contributed by atoms with E-state index in [9.17, 15) is 4.39 Å². The molecule has 3 N–H and O–H groups in total. The molecule has 3 nitrogen and oxygen atoms in total. The number of hydrogen-bond donors (Lipinski definition) is 2. The van der Waals surface area contributed by atoms with Crippen molar-refractivity contribution >= 4 is 33.1 Å². The Labute approximate surface area is 121 Å². The number of nitrogens with zero attached hydrogens (tertiary/aromatic N) is 1. The third-order valence-electron chi connectivity index (χ3n) is 2.78. The van der Waals surface area contributed by atoms with Crippen molar-refractivity contribution in [2.24, 2.45) is 0 Å². The third-order valence-corrected chi connectivity index (χ3v) is 4.29. The molecular weight excluding hydrogens is 329 g/mol. The summed E-state index contributed by atoms with van der Waals surface area (Å²) < 4.78 is 14.0.